The molecule has 4 atom stereocenters. The molecule has 1 aromatic carbocycles. The van der Waals surface area contributed by atoms with Gasteiger partial charge in [-0.15, -0.1) is 0 Å². The molecule has 1 aliphatic carbocycles. The van der Waals surface area contributed by atoms with Crippen molar-refractivity contribution in [2.45, 2.75) is 63.2 Å². The fraction of sp³-hybridized carbons (Fsp3) is 0.433. The number of nitrogens with two attached hydrogens (primary N) is 1. The molecule has 0 radical (unpaired) electrons. The van der Waals surface area contributed by atoms with Crippen molar-refractivity contribution in [3.63, 3.8) is 0 Å². The molecule has 41 heavy (non-hydrogen) atoms. The summed E-state index contributed by atoms with van der Waals surface area (Å²) in [5.74, 6) is -3.99. The highest BCUT2D eigenvalue weighted by molar-refractivity contribution is 6.03. The van der Waals surface area contributed by atoms with Crippen LogP contribution >= 0.6 is 0 Å². The fourth-order valence-corrected chi connectivity index (χ4v) is 5.55. The highest BCUT2D eigenvalue weighted by Crippen LogP contribution is 2.43. The Balaban J connectivity index is 1.38. The van der Waals surface area contributed by atoms with E-state index in [2.05, 4.69) is 15.3 Å². The summed E-state index contributed by atoms with van der Waals surface area (Å²) < 4.78 is 56.0. The van der Waals surface area contributed by atoms with Crippen molar-refractivity contribution in [3.05, 3.63) is 71.4 Å². The Morgan fingerprint density at radius 1 is 1.12 bits per heavy atom. The van der Waals surface area contributed by atoms with Gasteiger partial charge in [0.05, 0.1) is 36.3 Å². The van der Waals surface area contributed by atoms with Gasteiger partial charge in [0.15, 0.2) is 0 Å². The number of carbonyl (C=O) groups excluding carboxylic acids is 1. The van der Waals surface area contributed by atoms with Crippen LogP contribution in [0.5, 0.6) is 5.75 Å². The third-order valence-corrected chi connectivity index (χ3v) is 8.27. The first kappa shape index (κ1) is 29.0. The number of pyridine rings is 2. The summed E-state index contributed by atoms with van der Waals surface area (Å²) in [5.41, 5.74) is 4.87. The number of ether oxygens (including phenoxy) is 2. The SMILES string of the molecule is C[C@H]1C[C@@H](c2ccncc2NC(=O)c2ccc(F)c(-c3c(F)cc(OC4CCOCC4)cc3F)n2)C[C@@H](N)[C@]1(C)O. The van der Waals surface area contributed by atoms with E-state index in [9.17, 15) is 14.3 Å². The summed E-state index contributed by atoms with van der Waals surface area (Å²) in [6, 6.07) is 5.36. The van der Waals surface area contributed by atoms with E-state index in [1.165, 1.54) is 6.20 Å². The van der Waals surface area contributed by atoms with Gasteiger partial charge in [0.2, 0.25) is 0 Å². The first-order valence-electron chi connectivity index (χ1n) is 13.7. The zero-order valence-electron chi connectivity index (χ0n) is 22.9. The lowest BCUT2D eigenvalue weighted by Crippen LogP contribution is -2.54. The van der Waals surface area contributed by atoms with Gasteiger partial charge in [-0.2, -0.15) is 0 Å². The molecular formula is C30H33F3N4O4. The summed E-state index contributed by atoms with van der Waals surface area (Å²) in [6.07, 6.45) is 5.15. The van der Waals surface area contributed by atoms with Gasteiger partial charge in [-0.25, -0.2) is 18.2 Å². The molecule has 1 aliphatic heterocycles. The van der Waals surface area contributed by atoms with Crippen molar-refractivity contribution >= 4 is 11.6 Å². The highest BCUT2D eigenvalue weighted by atomic mass is 19.1. The Kier molecular flexibility index (Phi) is 8.30. The van der Waals surface area contributed by atoms with Crippen molar-refractivity contribution in [2.24, 2.45) is 11.7 Å². The second kappa shape index (κ2) is 11.8. The van der Waals surface area contributed by atoms with Gasteiger partial charge in [0, 0.05) is 37.2 Å². The number of halogens is 3. The van der Waals surface area contributed by atoms with Crippen LogP contribution in [0.3, 0.4) is 0 Å². The quantitative estimate of drug-likeness (QED) is 0.383. The van der Waals surface area contributed by atoms with Gasteiger partial charge >= 0.3 is 0 Å². The van der Waals surface area contributed by atoms with E-state index in [0.29, 0.717) is 44.6 Å². The molecule has 3 heterocycles. The second-order valence-electron chi connectivity index (χ2n) is 11.0. The minimum absolute atomic E-state index is 0.0210. The van der Waals surface area contributed by atoms with Crippen LogP contribution in [0, 0.1) is 23.4 Å². The van der Waals surface area contributed by atoms with Gasteiger partial charge in [-0.05, 0) is 55.4 Å². The third-order valence-electron chi connectivity index (χ3n) is 8.27. The largest absolute Gasteiger partial charge is 0.490 e. The smallest absolute Gasteiger partial charge is 0.274 e. The molecule has 1 saturated heterocycles. The van der Waals surface area contributed by atoms with E-state index in [1.807, 2.05) is 6.92 Å². The number of hydrogen-bond acceptors (Lipinski definition) is 7. The van der Waals surface area contributed by atoms with Crippen molar-refractivity contribution in [2.75, 3.05) is 18.5 Å². The van der Waals surface area contributed by atoms with Gasteiger partial charge in [-0.1, -0.05) is 6.92 Å². The highest BCUT2D eigenvalue weighted by Gasteiger charge is 2.42. The van der Waals surface area contributed by atoms with Crippen LogP contribution < -0.4 is 15.8 Å². The van der Waals surface area contributed by atoms with Crippen molar-refractivity contribution < 1.29 is 32.5 Å². The van der Waals surface area contributed by atoms with Crippen LogP contribution in [0.25, 0.3) is 11.3 Å². The van der Waals surface area contributed by atoms with Gasteiger partial charge in [-0.3, -0.25) is 9.78 Å². The van der Waals surface area contributed by atoms with Crippen molar-refractivity contribution in [1.29, 1.82) is 0 Å². The molecule has 1 saturated carbocycles. The molecule has 0 bridgehead atoms. The summed E-state index contributed by atoms with van der Waals surface area (Å²) in [6.45, 7) is 4.64. The molecule has 2 aliphatic rings. The molecule has 0 unspecified atom stereocenters. The maximum Gasteiger partial charge on any atom is 0.274 e. The summed E-state index contributed by atoms with van der Waals surface area (Å²) in [4.78, 5) is 21.3. The number of anilines is 1. The number of rotatable bonds is 6. The molecule has 218 valence electrons. The van der Waals surface area contributed by atoms with Crippen LogP contribution in [0.15, 0.2) is 42.7 Å². The lowest BCUT2D eigenvalue weighted by molar-refractivity contribution is -0.0463. The number of aliphatic hydroxyl groups is 1. The third kappa shape index (κ3) is 6.07. The van der Waals surface area contributed by atoms with E-state index < -0.39 is 46.3 Å². The fourth-order valence-electron chi connectivity index (χ4n) is 5.55. The number of amides is 1. The van der Waals surface area contributed by atoms with E-state index in [0.717, 1.165) is 29.8 Å². The monoisotopic (exact) mass is 570 g/mol. The molecule has 11 heteroatoms. The molecule has 2 aromatic heterocycles. The first-order valence-corrected chi connectivity index (χ1v) is 13.7. The Labute approximate surface area is 236 Å². The van der Waals surface area contributed by atoms with Crippen LogP contribution in [-0.2, 0) is 4.74 Å². The molecule has 0 spiro atoms. The molecule has 4 N–H and O–H groups in total. The van der Waals surface area contributed by atoms with E-state index in [1.54, 1.807) is 19.2 Å². The number of carbonyl (C=O) groups is 1. The topological polar surface area (TPSA) is 120 Å². The van der Waals surface area contributed by atoms with Crippen LogP contribution in [-0.4, -0.2) is 51.9 Å². The molecule has 1 amide bonds. The maximum absolute atomic E-state index is 15.1. The number of nitrogens with zero attached hydrogens (tertiary/aromatic N) is 2. The number of nitrogens with one attached hydrogen (secondary N) is 1. The molecule has 5 rings (SSSR count). The van der Waals surface area contributed by atoms with E-state index >= 15 is 8.78 Å². The van der Waals surface area contributed by atoms with E-state index in [-0.39, 0.29) is 29.4 Å². The van der Waals surface area contributed by atoms with Crippen LogP contribution in [0.2, 0.25) is 0 Å². The van der Waals surface area contributed by atoms with Crippen molar-refractivity contribution in [3.8, 4) is 17.0 Å². The Hall–Kier alpha value is -3.54. The summed E-state index contributed by atoms with van der Waals surface area (Å²) >= 11 is 0. The zero-order chi connectivity index (χ0) is 29.3. The molecule has 8 nitrogen and oxygen atoms in total. The predicted octanol–water partition coefficient (Wildman–Crippen LogP) is 4.96. The minimum Gasteiger partial charge on any atom is -0.490 e. The Morgan fingerprint density at radius 2 is 1.83 bits per heavy atom. The lowest BCUT2D eigenvalue weighted by atomic mass is 9.68. The zero-order valence-corrected chi connectivity index (χ0v) is 22.9. The van der Waals surface area contributed by atoms with Gasteiger partial charge in [0.1, 0.15) is 40.7 Å². The average Bonchev–Trinajstić information content (AvgIpc) is 2.93. The standard InChI is InChI=1S/C30H33F3N4O4/c1-16-11-17(12-26(34)30(16,2)39)20-5-8-35-15-25(20)37-29(38)24-4-3-21(31)28(36-24)27-22(32)13-19(14-23(27)33)41-18-6-9-40-10-7-18/h3-5,8,13-18,26,39H,6-7,9-12,34H2,1-2H3,(H,37,38)/t16-,17+,26+,30+/m0/s1. The minimum atomic E-state index is -1.07. The first-order chi connectivity index (χ1) is 19.5. The van der Waals surface area contributed by atoms with E-state index in [4.69, 9.17) is 15.2 Å². The van der Waals surface area contributed by atoms with Crippen LogP contribution in [0.4, 0.5) is 18.9 Å². The lowest BCUT2D eigenvalue weighted by Gasteiger charge is -2.44. The van der Waals surface area contributed by atoms with Gasteiger partial charge in [0.25, 0.3) is 5.91 Å². The summed E-state index contributed by atoms with van der Waals surface area (Å²) in [5, 5.41) is 13.4. The van der Waals surface area contributed by atoms with Gasteiger partial charge < -0.3 is 25.6 Å². The maximum atomic E-state index is 15.1. The normalized spacial score (nSPS) is 25.1. The van der Waals surface area contributed by atoms with Crippen LogP contribution in [0.1, 0.15) is 61.5 Å². The number of benzene rings is 1. The molecular weight excluding hydrogens is 537 g/mol. The predicted molar refractivity (Wildman–Crippen MR) is 146 cm³/mol. The number of aromatic nitrogens is 2. The number of hydrogen-bond donors (Lipinski definition) is 3. The molecule has 3 aromatic rings. The Morgan fingerprint density at radius 3 is 2.51 bits per heavy atom. The summed E-state index contributed by atoms with van der Waals surface area (Å²) in [7, 11) is 0. The second-order valence-corrected chi connectivity index (χ2v) is 11.0. The van der Waals surface area contributed by atoms with Crippen molar-refractivity contribution in [1.82, 2.24) is 9.97 Å². The Bertz CT molecular complexity index is 1390. The molecule has 2 fully saturated rings. The average molecular weight is 571 g/mol.